The van der Waals surface area contributed by atoms with Crippen molar-refractivity contribution in [3.05, 3.63) is 35.4 Å². The molecule has 19 heavy (non-hydrogen) atoms. The molecule has 0 fully saturated rings. The molecular weight excluding hydrogens is 230 g/mol. The number of hydrogen-bond donors (Lipinski definition) is 1. The summed E-state index contributed by atoms with van der Waals surface area (Å²) in [5, 5.41) is 3.64. The van der Waals surface area contributed by atoms with E-state index in [2.05, 4.69) is 50.4 Å². The molecule has 0 aliphatic rings. The molecule has 0 radical (unpaired) electrons. The third-order valence-electron chi connectivity index (χ3n) is 3.86. The van der Waals surface area contributed by atoms with Crippen LogP contribution in [0.2, 0.25) is 0 Å². The largest absolute Gasteiger partial charge is 0.310 e. The number of rotatable bonds is 10. The van der Waals surface area contributed by atoms with E-state index in [1.165, 1.54) is 56.1 Å². The van der Waals surface area contributed by atoms with Crippen LogP contribution >= 0.6 is 0 Å². The van der Waals surface area contributed by atoms with E-state index in [1.54, 1.807) is 0 Å². The van der Waals surface area contributed by atoms with Gasteiger partial charge >= 0.3 is 0 Å². The van der Waals surface area contributed by atoms with E-state index in [0.717, 1.165) is 6.54 Å². The first kappa shape index (κ1) is 16.2. The Labute approximate surface area is 119 Å². The highest BCUT2D eigenvalue weighted by molar-refractivity contribution is 5.28. The number of nitrogens with one attached hydrogen (secondary N) is 1. The molecule has 1 N–H and O–H groups in total. The van der Waals surface area contributed by atoms with Gasteiger partial charge < -0.3 is 5.32 Å². The zero-order chi connectivity index (χ0) is 13.9. The van der Waals surface area contributed by atoms with Crippen LogP contribution < -0.4 is 5.32 Å². The summed E-state index contributed by atoms with van der Waals surface area (Å²) in [7, 11) is 0. The van der Waals surface area contributed by atoms with Crippen molar-refractivity contribution >= 4 is 0 Å². The van der Waals surface area contributed by atoms with Gasteiger partial charge in [-0.3, -0.25) is 0 Å². The average molecular weight is 261 g/mol. The predicted octanol–water partition coefficient (Wildman–Crippen LogP) is 5.40. The zero-order valence-corrected chi connectivity index (χ0v) is 13.0. The Morgan fingerprint density at radius 1 is 0.947 bits per heavy atom. The van der Waals surface area contributed by atoms with E-state index in [9.17, 15) is 0 Å². The predicted molar refractivity (Wildman–Crippen MR) is 85.6 cm³/mol. The van der Waals surface area contributed by atoms with Crippen molar-refractivity contribution in [2.45, 2.75) is 71.8 Å². The van der Waals surface area contributed by atoms with Crippen molar-refractivity contribution in [1.82, 2.24) is 5.32 Å². The Morgan fingerprint density at radius 3 is 2.32 bits per heavy atom. The zero-order valence-electron chi connectivity index (χ0n) is 13.0. The number of unbranched alkanes of at least 4 members (excludes halogenated alkanes) is 5. The highest BCUT2D eigenvalue weighted by Gasteiger charge is 2.11. The van der Waals surface area contributed by atoms with Crippen molar-refractivity contribution in [1.29, 1.82) is 0 Å². The SMILES string of the molecule is CCCCCCCCC(NCC)c1ccccc1C. The normalized spacial score (nSPS) is 12.6. The molecule has 108 valence electrons. The lowest BCUT2D eigenvalue weighted by molar-refractivity contribution is 0.475. The first-order valence-electron chi connectivity index (χ1n) is 8.08. The summed E-state index contributed by atoms with van der Waals surface area (Å²) in [6.45, 7) is 7.75. The molecule has 0 bridgehead atoms. The van der Waals surface area contributed by atoms with E-state index in [1.807, 2.05) is 0 Å². The van der Waals surface area contributed by atoms with Crippen LogP contribution in [-0.2, 0) is 0 Å². The highest BCUT2D eigenvalue weighted by atomic mass is 14.9. The van der Waals surface area contributed by atoms with Gasteiger partial charge in [0.15, 0.2) is 0 Å². The average Bonchev–Trinajstić information content (AvgIpc) is 2.42. The summed E-state index contributed by atoms with van der Waals surface area (Å²) in [6, 6.07) is 9.33. The van der Waals surface area contributed by atoms with Crippen LogP contribution in [0.4, 0.5) is 0 Å². The minimum absolute atomic E-state index is 0.539. The Hall–Kier alpha value is -0.820. The first-order chi connectivity index (χ1) is 9.29. The minimum atomic E-state index is 0.539. The summed E-state index contributed by atoms with van der Waals surface area (Å²) in [5.74, 6) is 0. The lowest BCUT2D eigenvalue weighted by atomic mass is 9.96. The molecule has 0 saturated heterocycles. The van der Waals surface area contributed by atoms with Crippen LogP contribution in [0.15, 0.2) is 24.3 Å². The molecule has 0 saturated carbocycles. The van der Waals surface area contributed by atoms with Crippen LogP contribution in [0.5, 0.6) is 0 Å². The summed E-state index contributed by atoms with van der Waals surface area (Å²) in [5.41, 5.74) is 2.90. The van der Waals surface area contributed by atoms with Gasteiger partial charge in [0.1, 0.15) is 0 Å². The molecule has 1 aromatic carbocycles. The molecule has 1 heteroatoms. The number of hydrogen-bond acceptors (Lipinski definition) is 1. The van der Waals surface area contributed by atoms with Gasteiger partial charge in [0, 0.05) is 6.04 Å². The number of benzene rings is 1. The molecule has 0 aliphatic heterocycles. The van der Waals surface area contributed by atoms with Crippen LogP contribution in [0.3, 0.4) is 0 Å². The van der Waals surface area contributed by atoms with E-state index in [4.69, 9.17) is 0 Å². The van der Waals surface area contributed by atoms with Gasteiger partial charge in [0.2, 0.25) is 0 Å². The van der Waals surface area contributed by atoms with Gasteiger partial charge in [-0.2, -0.15) is 0 Å². The van der Waals surface area contributed by atoms with Gasteiger partial charge in [-0.05, 0) is 31.0 Å². The molecule has 0 aliphatic carbocycles. The van der Waals surface area contributed by atoms with Gasteiger partial charge in [-0.25, -0.2) is 0 Å². The molecule has 0 aromatic heterocycles. The standard InChI is InChI=1S/C18H31N/c1-4-6-7-8-9-10-15-18(19-5-2)17-14-12-11-13-16(17)3/h11-14,18-19H,4-10,15H2,1-3H3. The molecular formula is C18H31N. The van der Waals surface area contributed by atoms with Crippen LogP contribution in [0.25, 0.3) is 0 Å². The van der Waals surface area contributed by atoms with E-state index in [-0.39, 0.29) is 0 Å². The van der Waals surface area contributed by atoms with E-state index < -0.39 is 0 Å². The second-order valence-corrected chi connectivity index (χ2v) is 5.52. The smallest absolute Gasteiger partial charge is 0.0322 e. The molecule has 0 amide bonds. The monoisotopic (exact) mass is 261 g/mol. The lowest BCUT2D eigenvalue weighted by Gasteiger charge is -2.20. The topological polar surface area (TPSA) is 12.0 Å². The van der Waals surface area contributed by atoms with Crippen molar-refractivity contribution < 1.29 is 0 Å². The van der Waals surface area contributed by atoms with Gasteiger partial charge in [-0.15, -0.1) is 0 Å². The Balaban J connectivity index is 2.39. The second-order valence-electron chi connectivity index (χ2n) is 5.52. The third-order valence-corrected chi connectivity index (χ3v) is 3.86. The van der Waals surface area contributed by atoms with E-state index in [0.29, 0.717) is 6.04 Å². The maximum Gasteiger partial charge on any atom is 0.0322 e. The first-order valence-corrected chi connectivity index (χ1v) is 8.08. The molecule has 1 aromatic rings. The third kappa shape index (κ3) is 6.24. The maximum atomic E-state index is 3.64. The summed E-state index contributed by atoms with van der Waals surface area (Å²) >= 11 is 0. The molecule has 0 spiro atoms. The summed E-state index contributed by atoms with van der Waals surface area (Å²) in [4.78, 5) is 0. The molecule has 1 rings (SSSR count). The minimum Gasteiger partial charge on any atom is -0.310 e. The lowest BCUT2D eigenvalue weighted by Crippen LogP contribution is -2.21. The Bertz CT molecular complexity index is 332. The molecule has 1 unspecified atom stereocenters. The van der Waals surface area contributed by atoms with Crippen molar-refractivity contribution in [3.8, 4) is 0 Å². The fourth-order valence-electron chi connectivity index (χ4n) is 2.72. The highest BCUT2D eigenvalue weighted by Crippen LogP contribution is 2.23. The molecule has 1 atom stereocenters. The van der Waals surface area contributed by atoms with Gasteiger partial charge in [0.25, 0.3) is 0 Å². The van der Waals surface area contributed by atoms with Crippen molar-refractivity contribution in [2.24, 2.45) is 0 Å². The summed E-state index contributed by atoms with van der Waals surface area (Å²) in [6.07, 6.45) is 9.54. The fraction of sp³-hybridized carbons (Fsp3) is 0.667. The fourth-order valence-corrected chi connectivity index (χ4v) is 2.72. The van der Waals surface area contributed by atoms with Gasteiger partial charge in [0.05, 0.1) is 0 Å². The van der Waals surface area contributed by atoms with Gasteiger partial charge in [-0.1, -0.05) is 76.6 Å². The van der Waals surface area contributed by atoms with Crippen molar-refractivity contribution in [3.63, 3.8) is 0 Å². The Kier molecular flexibility index (Phi) is 8.57. The van der Waals surface area contributed by atoms with Crippen LogP contribution in [-0.4, -0.2) is 6.54 Å². The quantitative estimate of drug-likeness (QED) is 0.556. The molecule has 0 heterocycles. The maximum absolute atomic E-state index is 3.64. The van der Waals surface area contributed by atoms with Crippen molar-refractivity contribution in [2.75, 3.05) is 6.54 Å². The van der Waals surface area contributed by atoms with Crippen LogP contribution in [0, 0.1) is 6.92 Å². The van der Waals surface area contributed by atoms with Crippen LogP contribution in [0.1, 0.15) is 76.0 Å². The Morgan fingerprint density at radius 2 is 1.63 bits per heavy atom. The number of aryl methyl sites for hydroxylation is 1. The second kappa shape index (κ2) is 10.0. The summed E-state index contributed by atoms with van der Waals surface area (Å²) < 4.78 is 0. The molecule has 1 nitrogen and oxygen atoms in total. The van der Waals surface area contributed by atoms with E-state index >= 15 is 0 Å².